The normalized spacial score (nSPS) is 34.7. The van der Waals surface area contributed by atoms with Gasteiger partial charge in [-0.05, 0) is 17.2 Å². The van der Waals surface area contributed by atoms with E-state index in [1.165, 1.54) is 0 Å². The van der Waals surface area contributed by atoms with Crippen LogP contribution in [0.5, 0.6) is 0 Å². The Bertz CT molecular complexity index is 109. The van der Waals surface area contributed by atoms with Gasteiger partial charge in [0.25, 0.3) is 0 Å². The molecule has 0 amide bonds. The fourth-order valence-electron chi connectivity index (χ4n) is 0.727. The number of hydrogen-bond acceptors (Lipinski definition) is 3. The molecule has 4 heteroatoms. The van der Waals surface area contributed by atoms with Gasteiger partial charge in [-0.2, -0.15) is 4.84 Å². The monoisotopic (exact) mass is 132 g/mol. The molecule has 0 spiro atoms. The Morgan fingerprint density at radius 1 is 1.56 bits per heavy atom. The lowest BCUT2D eigenvalue weighted by atomic mass is 10.5. The molecule has 4 N–H and O–H groups in total. The maximum absolute atomic E-state index is 5.33. The van der Waals surface area contributed by atoms with Crippen molar-refractivity contribution in [3.63, 3.8) is 0 Å². The first kappa shape index (κ1) is 6.95. The largest absolute Gasteiger partial charge is 0.158 e. The lowest BCUT2D eigenvalue weighted by Gasteiger charge is -2.17. The zero-order chi connectivity index (χ0) is 7.07. The number of rotatable bonds is 2. The zero-order valence-corrected chi connectivity index (χ0v) is 5.87. The summed E-state index contributed by atoms with van der Waals surface area (Å²) in [6, 6.07) is 0. The predicted octanol–water partition coefficient (Wildman–Crippen LogP) is -0.480. The minimum atomic E-state index is -0.366. The van der Waals surface area contributed by atoms with Crippen molar-refractivity contribution in [3.8, 4) is 0 Å². The molecule has 9 heavy (non-hydrogen) atoms. The van der Waals surface area contributed by atoms with Gasteiger partial charge in [-0.15, -0.1) is 11.7 Å². The topological polar surface area (TPSA) is 61.3 Å². The number of nitrogens with two attached hydrogens (primary N) is 2. The smallest absolute Gasteiger partial charge is 0.138 e. The first-order valence-corrected chi connectivity index (χ1v) is 3.11. The summed E-state index contributed by atoms with van der Waals surface area (Å²) in [7, 11) is 1.60. The van der Waals surface area contributed by atoms with Crippen molar-refractivity contribution in [2.24, 2.45) is 17.6 Å². The van der Waals surface area contributed by atoms with Crippen LogP contribution in [0.4, 0.5) is 0 Å². The third-order valence-corrected chi connectivity index (χ3v) is 1.40. The molecule has 0 bridgehead atoms. The highest BCUT2D eigenvalue weighted by atomic mass is 16.8. The molecule has 0 aromatic heterocycles. The van der Waals surface area contributed by atoms with E-state index in [1.54, 1.807) is 7.05 Å². The van der Waals surface area contributed by atoms with Gasteiger partial charge in [0, 0.05) is 0 Å². The molecule has 0 aliphatic heterocycles. The third kappa shape index (κ3) is 2.28. The van der Waals surface area contributed by atoms with Crippen LogP contribution in [0.15, 0.2) is 0 Å². The summed E-state index contributed by atoms with van der Waals surface area (Å²) in [4.78, 5) is 4.79. The van der Waals surface area contributed by atoms with Crippen LogP contribution in [0.1, 0.15) is 13.3 Å². The molecule has 1 saturated carbocycles. The molecule has 0 saturated heterocycles. The van der Waals surface area contributed by atoms with Gasteiger partial charge in [0.2, 0.25) is 0 Å². The molecule has 1 aliphatic rings. The highest BCUT2D eigenvalue weighted by Gasteiger charge is 2.40. The summed E-state index contributed by atoms with van der Waals surface area (Å²) in [5, 5.41) is 0. The Kier molecular flexibility index (Phi) is 1.48. The van der Waals surface area contributed by atoms with Gasteiger partial charge in [-0.25, -0.2) is 0 Å². The molecule has 1 rings (SSSR count). The number of quaternary nitrogens is 1. The molecule has 0 aromatic rings. The Labute approximate surface area is 54.9 Å². The summed E-state index contributed by atoms with van der Waals surface area (Å²) in [5.74, 6) is 11.3. The Morgan fingerprint density at radius 2 is 2.00 bits per heavy atom. The maximum Gasteiger partial charge on any atom is 0.138 e. The van der Waals surface area contributed by atoms with Crippen LogP contribution in [0.2, 0.25) is 0 Å². The Balaban J connectivity index is 2.19. The van der Waals surface area contributed by atoms with Crippen molar-refractivity contribution in [3.05, 3.63) is 0 Å². The molecule has 0 aromatic carbocycles. The van der Waals surface area contributed by atoms with Gasteiger partial charge in [0.15, 0.2) is 0 Å². The van der Waals surface area contributed by atoms with Crippen LogP contribution in [0, 0.1) is 5.92 Å². The first-order valence-electron chi connectivity index (χ1n) is 3.11. The van der Waals surface area contributed by atoms with Crippen molar-refractivity contribution in [1.29, 1.82) is 0 Å². The first-order chi connectivity index (χ1) is 3.99. The van der Waals surface area contributed by atoms with Gasteiger partial charge in [-0.1, -0.05) is 6.92 Å². The summed E-state index contributed by atoms with van der Waals surface area (Å²) in [6.07, 6.45) is 1.37. The van der Waals surface area contributed by atoms with Crippen LogP contribution in [0.25, 0.3) is 0 Å². The standard InChI is InChI=1S/C5H14N3O/c1-4-3-5(4)9-8(2,6)7/h4-5H,3,6-7H2,1-2H3/q+1. The minimum absolute atomic E-state index is 0.282. The average Bonchev–Trinajstić information content (AvgIpc) is 2.13. The van der Waals surface area contributed by atoms with Crippen LogP contribution >= 0.6 is 0 Å². The summed E-state index contributed by atoms with van der Waals surface area (Å²) in [5.41, 5.74) is 0. The minimum Gasteiger partial charge on any atom is -0.158 e. The van der Waals surface area contributed by atoms with Crippen molar-refractivity contribution < 1.29 is 9.70 Å². The Hall–Kier alpha value is -0.160. The lowest BCUT2D eigenvalue weighted by molar-refractivity contribution is -1.11. The van der Waals surface area contributed by atoms with E-state index in [-0.39, 0.29) is 11.0 Å². The van der Waals surface area contributed by atoms with E-state index in [4.69, 9.17) is 16.5 Å². The average molecular weight is 132 g/mol. The highest BCUT2D eigenvalue weighted by molar-refractivity contribution is 4.81. The second-order valence-electron chi connectivity index (χ2n) is 2.92. The molecular weight excluding hydrogens is 118 g/mol. The fraction of sp³-hybridized carbons (Fsp3) is 1.00. The molecule has 0 radical (unpaired) electrons. The van der Waals surface area contributed by atoms with Gasteiger partial charge in [0.1, 0.15) is 13.2 Å². The van der Waals surface area contributed by atoms with Gasteiger partial charge >= 0.3 is 0 Å². The van der Waals surface area contributed by atoms with E-state index in [1.807, 2.05) is 0 Å². The van der Waals surface area contributed by atoms with Gasteiger partial charge in [-0.3, -0.25) is 0 Å². The van der Waals surface area contributed by atoms with E-state index in [9.17, 15) is 0 Å². The molecule has 1 aliphatic carbocycles. The quantitative estimate of drug-likeness (QED) is 0.303. The Morgan fingerprint density at radius 3 is 2.11 bits per heavy atom. The third-order valence-electron chi connectivity index (χ3n) is 1.40. The molecule has 54 valence electrons. The van der Waals surface area contributed by atoms with E-state index >= 15 is 0 Å². The molecule has 1 fully saturated rings. The molecule has 2 unspecified atom stereocenters. The molecule has 4 nitrogen and oxygen atoms in total. The van der Waals surface area contributed by atoms with Gasteiger partial charge in [0.05, 0.1) is 0 Å². The van der Waals surface area contributed by atoms with Crippen molar-refractivity contribution in [2.45, 2.75) is 19.4 Å². The lowest BCUT2D eigenvalue weighted by Crippen LogP contribution is -2.57. The SMILES string of the molecule is CC1CC1O[N+](C)(N)N. The summed E-state index contributed by atoms with van der Waals surface area (Å²) >= 11 is 0. The van der Waals surface area contributed by atoms with Crippen LogP contribution in [-0.4, -0.2) is 18.0 Å². The maximum atomic E-state index is 5.33. The molecular formula is C5H14N3O+. The highest BCUT2D eigenvalue weighted by Crippen LogP contribution is 2.33. The zero-order valence-electron chi connectivity index (χ0n) is 5.87. The van der Waals surface area contributed by atoms with Crippen LogP contribution < -0.4 is 11.7 Å². The fourth-order valence-corrected chi connectivity index (χ4v) is 0.727. The number of hydrogen-bond donors (Lipinski definition) is 2. The van der Waals surface area contributed by atoms with Gasteiger partial charge < -0.3 is 0 Å². The molecule has 0 heterocycles. The van der Waals surface area contributed by atoms with Crippen LogP contribution in [-0.2, 0) is 4.84 Å². The molecule has 2 atom stereocenters. The summed E-state index contributed by atoms with van der Waals surface area (Å²) in [6.45, 7) is 2.11. The van der Waals surface area contributed by atoms with Crippen LogP contribution in [0.3, 0.4) is 0 Å². The summed E-state index contributed by atoms with van der Waals surface area (Å²) < 4.78 is 0. The van der Waals surface area contributed by atoms with E-state index in [0.29, 0.717) is 5.92 Å². The second-order valence-corrected chi connectivity index (χ2v) is 2.92. The number of hydroxylamine groups is 1. The number of nitrogens with zero attached hydrogens (tertiary/aromatic N) is 1. The van der Waals surface area contributed by atoms with E-state index in [0.717, 1.165) is 6.42 Å². The predicted molar refractivity (Wildman–Crippen MR) is 33.2 cm³/mol. The van der Waals surface area contributed by atoms with Crippen molar-refractivity contribution in [1.82, 2.24) is 0 Å². The van der Waals surface area contributed by atoms with Crippen molar-refractivity contribution >= 4 is 0 Å². The van der Waals surface area contributed by atoms with E-state index < -0.39 is 0 Å². The van der Waals surface area contributed by atoms with Crippen molar-refractivity contribution in [2.75, 3.05) is 7.05 Å². The van der Waals surface area contributed by atoms with E-state index in [2.05, 4.69) is 6.92 Å². The second kappa shape index (κ2) is 1.91.